The summed E-state index contributed by atoms with van der Waals surface area (Å²) in [4.78, 5) is 11.7. The number of carbonyl (C=O) groups is 1. The average molecular weight is 196 g/mol. The summed E-state index contributed by atoms with van der Waals surface area (Å²) in [5, 5.41) is 3.82. The van der Waals surface area contributed by atoms with E-state index in [9.17, 15) is 4.79 Å². The molecule has 0 N–H and O–H groups in total. The van der Waals surface area contributed by atoms with Gasteiger partial charge in [0.05, 0.1) is 0 Å². The second-order valence-electron chi connectivity index (χ2n) is 3.23. The van der Waals surface area contributed by atoms with Gasteiger partial charge in [0.15, 0.2) is 5.78 Å². The molecule has 13 heavy (non-hydrogen) atoms. The van der Waals surface area contributed by atoms with E-state index in [0.717, 1.165) is 31.4 Å². The first kappa shape index (κ1) is 8.91. The van der Waals surface area contributed by atoms with E-state index in [4.69, 9.17) is 4.74 Å². The lowest BCUT2D eigenvalue weighted by atomic mass is 10.0. The fourth-order valence-electron chi connectivity index (χ4n) is 1.54. The lowest BCUT2D eigenvalue weighted by Gasteiger charge is -2.20. The van der Waals surface area contributed by atoms with Gasteiger partial charge >= 0.3 is 0 Å². The first-order valence-corrected chi connectivity index (χ1v) is 5.50. The van der Waals surface area contributed by atoms with E-state index < -0.39 is 0 Å². The first-order valence-electron chi connectivity index (χ1n) is 4.56. The molecule has 70 valence electrons. The van der Waals surface area contributed by atoms with Crippen LogP contribution in [-0.4, -0.2) is 18.5 Å². The number of rotatable bonds is 2. The molecule has 1 aromatic heterocycles. The molecule has 0 aromatic carbocycles. The highest BCUT2D eigenvalue weighted by atomic mass is 32.1. The van der Waals surface area contributed by atoms with Gasteiger partial charge in [-0.3, -0.25) is 4.79 Å². The Labute approximate surface area is 81.5 Å². The fourth-order valence-corrected chi connectivity index (χ4v) is 2.18. The van der Waals surface area contributed by atoms with Crippen molar-refractivity contribution < 1.29 is 9.53 Å². The number of Topliss-reactive ketones (excluding diaryl/α,β-unsaturated/α-hetero) is 1. The van der Waals surface area contributed by atoms with Gasteiger partial charge in [-0.25, -0.2) is 0 Å². The zero-order chi connectivity index (χ0) is 9.10. The van der Waals surface area contributed by atoms with Crippen molar-refractivity contribution in [1.82, 2.24) is 0 Å². The van der Waals surface area contributed by atoms with Crippen molar-refractivity contribution in [1.29, 1.82) is 0 Å². The lowest BCUT2D eigenvalue weighted by Crippen LogP contribution is -2.27. The molecule has 0 bridgehead atoms. The van der Waals surface area contributed by atoms with E-state index in [1.165, 1.54) is 0 Å². The van der Waals surface area contributed by atoms with Gasteiger partial charge in [-0.2, -0.15) is 11.3 Å². The molecule has 0 saturated carbocycles. The Hall–Kier alpha value is -0.670. The number of thiophene rings is 1. The van der Waals surface area contributed by atoms with Crippen LogP contribution < -0.4 is 0 Å². The second-order valence-corrected chi connectivity index (χ2v) is 4.01. The molecular formula is C10H12O2S. The maximum Gasteiger partial charge on any atom is 0.192 e. The minimum atomic E-state index is -0.177. The van der Waals surface area contributed by atoms with E-state index in [1.54, 1.807) is 11.3 Å². The van der Waals surface area contributed by atoms with Gasteiger partial charge in [-0.15, -0.1) is 0 Å². The van der Waals surface area contributed by atoms with Crippen molar-refractivity contribution >= 4 is 17.1 Å². The highest BCUT2D eigenvalue weighted by molar-refractivity contribution is 7.08. The molecule has 1 atom stereocenters. The number of ketones is 1. The fraction of sp³-hybridized carbons (Fsp3) is 0.500. The van der Waals surface area contributed by atoms with Gasteiger partial charge in [-0.05, 0) is 30.7 Å². The zero-order valence-corrected chi connectivity index (χ0v) is 8.18. The van der Waals surface area contributed by atoms with Crippen LogP contribution in [0.15, 0.2) is 16.8 Å². The minimum absolute atomic E-state index is 0.154. The van der Waals surface area contributed by atoms with Gasteiger partial charge in [0.25, 0.3) is 0 Å². The van der Waals surface area contributed by atoms with Gasteiger partial charge in [0.1, 0.15) is 6.10 Å². The highest BCUT2D eigenvalue weighted by Crippen LogP contribution is 2.18. The Balaban J connectivity index is 2.04. The first-order chi connectivity index (χ1) is 6.38. The van der Waals surface area contributed by atoms with E-state index >= 15 is 0 Å². The third-order valence-corrected chi connectivity index (χ3v) is 2.96. The Morgan fingerprint density at radius 3 is 3.08 bits per heavy atom. The molecule has 1 saturated heterocycles. The third kappa shape index (κ3) is 1.98. The number of hydrogen-bond donors (Lipinski definition) is 0. The van der Waals surface area contributed by atoms with Gasteiger partial charge in [-0.1, -0.05) is 0 Å². The van der Waals surface area contributed by atoms with Crippen LogP contribution in [0, 0.1) is 0 Å². The maximum atomic E-state index is 11.7. The summed E-state index contributed by atoms with van der Waals surface area (Å²) in [6.07, 6.45) is 2.91. The molecule has 0 radical (unpaired) electrons. The molecule has 1 fully saturated rings. The van der Waals surface area contributed by atoms with E-state index in [-0.39, 0.29) is 11.9 Å². The molecule has 1 aliphatic heterocycles. The second kappa shape index (κ2) is 4.03. The predicted octanol–water partition coefficient (Wildman–Crippen LogP) is 2.50. The van der Waals surface area contributed by atoms with Crippen LogP contribution in [0.5, 0.6) is 0 Å². The summed E-state index contributed by atoms with van der Waals surface area (Å²) in [6.45, 7) is 0.737. The summed E-state index contributed by atoms with van der Waals surface area (Å²) < 4.78 is 5.42. The largest absolute Gasteiger partial charge is 0.370 e. The van der Waals surface area contributed by atoms with Crippen LogP contribution in [-0.2, 0) is 4.74 Å². The molecule has 0 spiro atoms. The smallest absolute Gasteiger partial charge is 0.192 e. The predicted molar refractivity (Wildman–Crippen MR) is 52.2 cm³/mol. The van der Waals surface area contributed by atoms with Crippen molar-refractivity contribution in [2.75, 3.05) is 6.61 Å². The lowest BCUT2D eigenvalue weighted by molar-refractivity contribution is 0.0187. The summed E-state index contributed by atoms with van der Waals surface area (Å²) in [5.41, 5.74) is 0.803. The summed E-state index contributed by atoms with van der Waals surface area (Å²) >= 11 is 1.56. The molecule has 2 rings (SSSR count). The number of ether oxygens (including phenoxy) is 1. The van der Waals surface area contributed by atoms with E-state index in [0.29, 0.717) is 0 Å². The highest BCUT2D eigenvalue weighted by Gasteiger charge is 2.22. The van der Waals surface area contributed by atoms with E-state index in [1.807, 2.05) is 16.8 Å². The summed E-state index contributed by atoms with van der Waals surface area (Å²) in [5.74, 6) is 0.154. The van der Waals surface area contributed by atoms with Gasteiger partial charge in [0.2, 0.25) is 0 Å². The van der Waals surface area contributed by atoms with Crippen molar-refractivity contribution in [3.05, 3.63) is 22.4 Å². The summed E-state index contributed by atoms with van der Waals surface area (Å²) in [6, 6.07) is 1.87. The zero-order valence-electron chi connectivity index (χ0n) is 7.36. The van der Waals surface area contributed by atoms with Crippen molar-refractivity contribution in [2.45, 2.75) is 25.4 Å². The average Bonchev–Trinajstić information content (AvgIpc) is 2.71. The molecule has 0 amide bonds. The minimum Gasteiger partial charge on any atom is -0.370 e. The topological polar surface area (TPSA) is 26.3 Å². The molecule has 2 nitrogen and oxygen atoms in total. The molecular weight excluding hydrogens is 184 g/mol. The van der Waals surface area contributed by atoms with Crippen LogP contribution >= 0.6 is 11.3 Å². The standard InChI is InChI=1S/C10H12O2S/c11-10(8-4-6-13-7-8)9-3-1-2-5-12-9/h4,6-7,9H,1-3,5H2. The quantitative estimate of drug-likeness (QED) is 0.679. The van der Waals surface area contributed by atoms with Crippen molar-refractivity contribution in [2.24, 2.45) is 0 Å². The van der Waals surface area contributed by atoms with Crippen molar-refractivity contribution in [3.63, 3.8) is 0 Å². The molecule has 3 heteroatoms. The Bertz CT molecular complexity index is 273. The third-order valence-electron chi connectivity index (χ3n) is 2.28. The number of carbonyl (C=O) groups excluding carboxylic acids is 1. The van der Waals surface area contributed by atoms with Crippen LogP contribution in [0.1, 0.15) is 29.6 Å². The Morgan fingerprint density at radius 1 is 1.54 bits per heavy atom. The van der Waals surface area contributed by atoms with Gasteiger partial charge < -0.3 is 4.74 Å². The molecule has 1 unspecified atom stereocenters. The van der Waals surface area contributed by atoms with Crippen LogP contribution in [0.25, 0.3) is 0 Å². The van der Waals surface area contributed by atoms with Crippen molar-refractivity contribution in [3.8, 4) is 0 Å². The van der Waals surface area contributed by atoms with Crippen LogP contribution in [0.3, 0.4) is 0 Å². The molecule has 0 aliphatic carbocycles. The summed E-state index contributed by atoms with van der Waals surface area (Å²) in [7, 11) is 0. The van der Waals surface area contributed by atoms with E-state index in [2.05, 4.69) is 0 Å². The normalized spacial score (nSPS) is 22.9. The molecule has 2 heterocycles. The Kier molecular flexibility index (Phi) is 2.76. The SMILES string of the molecule is O=C(c1ccsc1)C1CCCCO1. The molecule has 1 aliphatic rings. The van der Waals surface area contributed by atoms with Crippen LogP contribution in [0.2, 0.25) is 0 Å². The van der Waals surface area contributed by atoms with Crippen LogP contribution in [0.4, 0.5) is 0 Å². The van der Waals surface area contributed by atoms with Gasteiger partial charge in [0, 0.05) is 17.6 Å². The maximum absolute atomic E-state index is 11.7. The molecule has 1 aromatic rings. The number of hydrogen-bond acceptors (Lipinski definition) is 3. The Morgan fingerprint density at radius 2 is 2.46 bits per heavy atom. The monoisotopic (exact) mass is 196 g/mol.